The number of Topliss-reactive ketones (excluding diaryl/α,β-unsaturated/α-hetero) is 1. The molecule has 2 heteroatoms. The normalized spacial score (nSPS) is 39.7. The van der Waals surface area contributed by atoms with E-state index in [1.807, 2.05) is 6.92 Å². The van der Waals surface area contributed by atoms with Gasteiger partial charge >= 0.3 is 0 Å². The van der Waals surface area contributed by atoms with Crippen LogP contribution < -0.4 is 0 Å². The average molecular weight is 180 g/mol. The van der Waals surface area contributed by atoms with E-state index in [0.717, 1.165) is 19.3 Å². The molecule has 0 heterocycles. The summed E-state index contributed by atoms with van der Waals surface area (Å²) in [4.78, 5) is 11.4. The number of hydrogen-bond acceptors (Lipinski definition) is 2. The van der Waals surface area contributed by atoms with Gasteiger partial charge in [0.05, 0.1) is 6.10 Å². The van der Waals surface area contributed by atoms with Crippen molar-refractivity contribution in [3.8, 4) is 0 Å². The van der Waals surface area contributed by atoms with Gasteiger partial charge in [-0.25, -0.2) is 0 Å². The number of ketones is 1. The highest BCUT2D eigenvalue weighted by Gasteiger charge is 2.35. The molecule has 2 rings (SSSR count). The number of fused-ring (bicyclic) bond motifs is 1. The van der Waals surface area contributed by atoms with Gasteiger partial charge in [0.15, 0.2) is 0 Å². The fraction of sp³-hybridized carbons (Fsp3) is 0.727. The third-order valence-electron chi connectivity index (χ3n) is 3.42. The summed E-state index contributed by atoms with van der Waals surface area (Å²) in [5.41, 5.74) is 1.20. The summed E-state index contributed by atoms with van der Waals surface area (Å²) in [5, 5.41) is 9.76. The van der Waals surface area contributed by atoms with Gasteiger partial charge < -0.3 is 5.11 Å². The lowest BCUT2D eigenvalue weighted by Crippen LogP contribution is -2.35. The molecule has 0 aromatic heterocycles. The van der Waals surface area contributed by atoms with Crippen LogP contribution in [-0.2, 0) is 4.79 Å². The zero-order chi connectivity index (χ0) is 9.42. The molecule has 0 aromatic carbocycles. The van der Waals surface area contributed by atoms with Crippen molar-refractivity contribution in [2.45, 2.75) is 38.7 Å². The number of allylic oxidation sites excluding steroid dienone is 1. The molecule has 3 unspecified atom stereocenters. The van der Waals surface area contributed by atoms with Gasteiger partial charge in [-0.1, -0.05) is 18.6 Å². The first kappa shape index (κ1) is 8.95. The van der Waals surface area contributed by atoms with Crippen molar-refractivity contribution < 1.29 is 9.90 Å². The molecule has 0 aromatic rings. The van der Waals surface area contributed by atoms with Gasteiger partial charge in [-0.05, 0) is 19.3 Å². The molecule has 1 N–H and O–H groups in total. The SMILES string of the molecule is CC1C(=O)CCC2C1=CCCC2O. The minimum Gasteiger partial charge on any atom is -0.392 e. The van der Waals surface area contributed by atoms with E-state index < -0.39 is 0 Å². The molecule has 0 bridgehead atoms. The summed E-state index contributed by atoms with van der Waals surface area (Å²) in [7, 11) is 0. The maximum absolute atomic E-state index is 11.4. The van der Waals surface area contributed by atoms with E-state index in [-0.39, 0.29) is 17.9 Å². The zero-order valence-corrected chi connectivity index (χ0v) is 7.99. The van der Waals surface area contributed by atoms with E-state index in [4.69, 9.17) is 0 Å². The summed E-state index contributed by atoms with van der Waals surface area (Å²) >= 11 is 0. The summed E-state index contributed by atoms with van der Waals surface area (Å²) in [6, 6.07) is 0. The Bertz CT molecular complexity index is 255. The van der Waals surface area contributed by atoms with Gasteiger partial charge in [-0.2, -0.15) is 0 Å². The molecule has 1 fully saturated rings. The molecule has 13 heavy (non-hydrogen) atoms. The molecule has 0 spiro atoms. The molecule has 0 aliphatic heterocycles. The highest BCUT2D eigenvalue weighted by Crippen LogP contribution is 2.38. The number of hydrogen-bond donors (Lipinski definition) is 1. The van der Waals surface area contributed by atoms with Gasteiger partial charge in [0.2, 0.25) is 0 Å². The van der Waals surface area contributed by atoms with Crippen molar-refractivity contribution in [2.75, 3.05) is 0 Å². The summed E-state index contributed by atoms with van der Waals surface area (Å²) in [5.74, 6) is 0.687. The van der Waals surface area contributed by atoms with Crippen molar-refractivity contribution in [1.82, 2.24) is 0 Å². The lowest BCUT2D eigenvalue weighted by atomic mass is 9.71. The number of aliphatic hydroxyl groups excluding tert-OH is 1. The third kappa shape index (κ3) is 1.44. The van der Waals surface area contributed by atoms with Crippen molar-refractivity contribution >= 4 is 5.78 Å². The fourth-order valence-electron chi connectivity index (χ4n) is 2.55. The van der Waals surface area contributed by atoms with Gasteiger partial charge in [-0.15, -0.1) is 0 Å². The third-order valence-corrected chi connectivity index (χ3v) is 3.42. The Labute approximate surface area is 78.6 Å². The predicted molar refractivity (Wildman–Crippen MR) is 50.2 cm³/mol. The molecule has 1 saturated carbocycles. The average Bonchev–Trinajstić information content (AvgIpc) is 2.12. The van der Waals surface area contributed by atoms with Gasteiger partial charge in [0, 0.05) is 18.3 Å². The predicted octanol–water partition coefficient (Wildman–Crippen LogP) is 1.68. The van der Waals surface area contributed by atoms with Crippen LogP contribution >= 0.6 is 0 Å². The van der Waals surface area contributed by atoms with Crippen LogP contribution in [0.2, 0.25) is 0 Å². The Kier molecular flexibility index (Phi) is 2.24. The van der Waals surface area contributed by atoms with E-state index in [9.17, 15) is 9.90 Å². The molecule has 2 aliphatic rings. The smallest absolute Gasteiger partial charge is 0.139 e. The molecule has 2 aliphatic carbocycles. The Hall–Kier alpha value is -0.630. The maximum Gasteiger partial charge on any atom is 0.139 e. The van der Waals surface area contributed by atoms with Crippen LogP contribution in [0.4, 0.5) is 0 Å². The summed E-state index contributed by atoms with van der Waals surface area (Å²) in [6.07, 6.45) is 5.28. The number of carbonyl (C=O) groups excluding carboxylic acids is 1. The Balaban J connectivity index is 2.25. The van der Waals surface area contributed by atoms with Crippen LogP contribution in [0.25, 0.3) is 0 Å². The lowest BCUT2D eigenvalue weighted by Gasteiger charge is -2.35. The Morgan fingerprint density at radius 1 is 1.46 bits per heavy atom. The second-order valence-electron chi connectivity index (χ2n) is 4.18. The van der Waals surface area contributed by atoms with Crippen molar-refractivity contribution in [1.29, 1.82) is 0 Å². The first-order chi connectivity index (χ1) is 6.20. The Morgan fingerprint density at radius 3 is 3.00 bits per heavy atom. The zero-order valence-electron chi connectivity index (χ0n) is 7.99. The molecule has 3 atom stereocenters. The summed E-state index contributed by atoms with van der Waals surface area (Å²) in [6.45, 7) is 1.97. The molecular formula is C11H16O2. The molecule has 72 valence electrons. The molecule has 0 saturated heterocycles. The van der Waals surface area contributed by atoms with E-state index in [2.05, 4.69) is 6.08 Å². The van der Waals surface area contributed by atoms with Crippen LogP contribution in [0.5, 0.6) is 0 Å². The summed E-state index contributed by atoms with van der Waals surface area (Å²) < 4.78 is 0. The highest BCUT2D eigenvalue weighted by atomic mass is 16.3. The first-order valence-corrected chi connectivity index (χ1v) is 5.11. The lowest BCUT2D eigenvalue weighted by molar-refractivity contribution is -0.123. The fourth-order valence-corrected chi connectivity index (χ4v) is 2.55. The highest BCUT2D eigenvalue weighted by molar-refractivity contribution is 5.84. The van der Waals surface area contributed by atoms with E-state index >= 15 is 0 Å². The quantitative estimate of drug-likeness (QED) is 0.576. The Morgan fingerprint density at radius 2 is 2.23 bits per heavy atom. The van der Waals surface area contributed by atoms with Crippen LogP contribution in [0.15, 0.2) is 11.6 Å². The van der Waals surface area contributed by atoms with E-state index in [0.29, 0.717) is 12.2 Å². The number of aliphatic hydroxyl groups is 1. The number of rotatable bonds is 0. The topological polar surface area (TPSA) is 37.3 Å². The van der Waals surface area contributed by atoms with Crippen LogP contribution in [-0.4, -0.2) is 17.0 Å². The van der Waals surface area contributed by atoms with Crippen LogP contribution in [0.1, 0.15) is 32.6 Å². The van der Waals surface area contributed by atoms with E-state index in [1.54, 1.807) is 0 Å². The van der Waals surface area contributed by atoms with Crippen molar-refractivity contribution in [3.05, 3.63) is 11.6 Å². The standard InChI is InChI=1S/C11H16O2/c1-7-8-3-2-4-11(13)9(8)5-6-10(7)12/h3,7,9,11,13H,2,4-6H2,1H3. The number of carbonyl (C=O) groups is 1. The van der Waals surface area contributed by atoms with Crippen LogP contribution in [0.3, 0.4) is 0 Å². The van der Waals surface area contributed by atoms with Gasteiger partial charge in [-0.3, -0.25) is 4.79 Å². The first-order valence-electron chi connectivity index (χ1n) is 5.11. The maximum atomic E-state index is 11.4. The molecule has 2 nitrogen and oxygen atoms in total. The van der Waals surface area contributed by atoms with E-state index in [1.165, 1.54) is 5.57 Å². The van der Waals surface area contributed by atoms with Crippen molar-refractivity contribution in [2.24, 2.45) is 11.8 Å². The van der Waals surface area contributed by atoms with Gasteiger partial charge in [0.25, 0.3) is 0 Å². The van der Waals surface area contributed by atoms with Gasteiger partial charge in [0.1, 0.15) is 5.78 Å². The molecule has 0 radical (unpaired) electrons. The second kappa shape index (κ2) is 3.26. The minimum absolute atomic E-state index is 0.0636. The molecule has 0 amide bonds. The molecular weight excluding hydrogens is 164 g/mol. The monoisotopic (exact) mass is 180 g/mol. The second-order valence-corrected chi connectivity index (χ2v) is 4.18. The minimum atomic E-state index is -0.199. The largest absolute Gasteiger partial charge is 0.392 e. The van der Waals surface area contributed by atoms with Crippen LogP contribution in [0, 0.1) is 11.8 Å². The van der Waals surface area contributed by atoms with Crippen molar-refractivity contribution in [3.63, 3.8) is 0 Å².